The molecule has 1 rings (SSSR count). The lowest BCUT2D eigenvalue weighted by Gasteiger charge is -2.31. The predicted molar refractivity (Wildman–Crippen MR) is 64.5 cm³/mol. The Hall–Kier alpha value is -1.15. The summed E-state index contributed by atoms with van der Waals surface area (Å²) in [4.78, 5) is 21.2. The molecule has 0 aromatic heterocycles. The van der Waals surface area contributed by atoms with Gasteiger partial charge in [-0.25, -0.2) is 12.7 Å². The zero-order valence-electron chi connectivity index (χ0n) is 10.3. The summed E-state index contributed by atoms with van der Waals surface area (Å²) in [5, 5.41) is 11.2. The van der Waals surface area contributed by atoms with E-state index in [9.17, 15) is 18.0 Å². The molecule has 18 heavy (non-hydrogen) atoms. The molecule has 7 nitrogen and oxygen atoms in total. The summed E-state index contributed by atoms with van der Waals surface area (Å²) in [6.07, 6.45) is 0.742. The normalized spacial score (nSPS) is 18.5. The van der Waals surface area contributed by atoms with Crippen LogP contribution in [0, 0.1) is 0 Å². The van der Waals surface area contributed by atoms with E-state index in [1.54, 1.807) is 0 Å². The van der Waals surface area contributed by atoms with Gasteiger partial charge >= 0.3 is 5.97 Å². The van der Waals surface area contributed by atoms with Gasteiger partial charge in [-0.3, -0.25) is 9.59 Å². The van der Waals surface area contributed by atoms with Gasteiger partial charge in [0.1, 0.15) is 0 Å². The van der Waals surface area contributed by atoms with E-state index in [0.29, 0.717) is 25.9 Å². The van der Waals surface area contributed by atoms with Crippen molar-refractivity contribution in [3.05, 3.63) is 0 Å². The van der Waals surface area contributed by atoms with Crippen LogP contribution in [0.3, 0.4) is 0 Å². The predicted octanol–water partition coefficient (Wildman–Crippen LogP) is -0.609. The molecule has 0 bridgehead atoms. The topological polar surface area (TPSA) is 104 Å². The standard InChI is InChI=1S/C10H18N2O5S/c1-8(13)11-9-2-5-12(6-3-9)18(16,17)7-4-10(14)15/h9H,2-7H2,1H3,(H,11,13)(H,14,15). The van der Waals surface area contributed by atoms with Crippen molar-refractivity contribution in [2.45, 2.75) is 32.2 Å². The van der Waals surface area contributed by atoms with Gasteiger partial charge in [0.25, 0.3) is 0 Å². The fourth-order valence-corrected chi connectivity index (χ4v) is 3.37. The number of rotatable bonds is 5. The molecule has 1 aliphatic heterocycles. The molecule has 0 saturated carbocycles. The van der Waals surface area contributed by atoms with Crippen LogP contribution in [-0.2, 0) is 19.6 Å². The Bertz CT molecular complexity index is 412. The number of piperidine rings is 1. The average Bonchev–Trinajstić information content (AvgIpc) is 2.26. The molecule has 0 aromatic rings. The number of amides is 1. The lowest BCUT2D eigenvalue weighted by atomic mass is 10.1. The van der Waals surface area contributed by atoms with Crippen molar-refractivity contribution in [3.63, 3.8) is 0 Å². The number of hydrogen-bond acceptors (Lipinski definition) is 4. The van der Waals surface area contributed by atoms with Crippen LogP contribution < -0.4 is 5.32 Å². The molecular formula is C10H18N2O5S. The molecule has 1 aliphatic rings. The van der Waals surface area contributed by atoms with Crippen molar-refractivity contribution in [2.75, 3.05) is 18.8 Å². The summed E-state index contributed by atoms with van der Waals surface area (Å²) in [6, 6.07) is 0.00780. The number of carbonyl (C=O) groups is 2. The fourth-order valence-electron chi connectivity index (χ4n) is 1.91. The van der Waals surface area contributed by atoms with Gasteiger partial charge in [0.2, 0.25) is 15.9 Å². The van der Waals surface area contributed by atoms with Crippen LogP contribution in [0.1, 0.15) is 26.2 Å². The molecule has 8 heteroatoms. The van der Waals surface area contributed by atoms with E-state index in [4.69, 9.17) is 5.11 Å². The van der Waals surface area contributed by atoms with E-state index >= 15 is 0 Å². The van der Waals surface area contributed by atoms with Gasteiger partial charge in [0.15, 0.2) is 0 Å². The van der Waals surface area contributed by atoms with Crippen LogP contribution in [0.15, 0.2) is 0 Å². The van der Waals surface area contributed by atoms with Gasteiger partial charge in [-0.15, -0.1) is 0 Å². The maximum absolute atomic E-state index is 11.8. The Labute approximate surface area is 106 Å². The van der Waals surface area contributed by atoms with Gasteiger partial charge in [-0.05, 0) is 12.8 Å². The average molecular weight is 278 g/mol. The van der Waals surface area contributed by atoms with Crippen LogP contribution in [0.5, 0.6) is 0 Å². The first-order valence-electron chi connectivity index (χ1n) is 5.78. The number of nitrogens with zero attached hydrogens (tertiary/aromatic N) is 1. The number of hydrogen-bond donors (Lipinski definition) is 2. The minimum absolute atomic E-state index is 0.00780. The molecule has 0 spiro atoms. The first-order valence-corrected chi connectivity index (χ1v) is 7.39. The maximum Gasteiger partial charge on any atom is 0.304 e. The van der Waals surface area contributed by atoms with Gasteiger partial charge in [0, 0.05) is 26.1 Å². The highest BCUT2D eigenvalue weighted by Crippen LogP contribution is 2.15. The molecule has 0 aromatic carbocycles. The molecule has 2 N–H and O–H groups in total. The number of aliphatic carboxylic acids is 1. The summed E-state index contributed by atoms with van der Waals surface area (Å²) in [7, 11) is -3.49. The zero-order chi connectivity index (χ0) is 13.8. The van der Waals surface area contributed by atoms with E-state index in [2.05, 4.69) is 5.32 Å². The van der Waals surface area contributed by atoms with Crippen LogP contribution in [0.25, 0.3) is 0 Å². The van der Waals surface area contributed by atoms with Crippen LogP contribution in [-0.4, -0.2) is 54.6 Å². The second-order valence-corrected chi connectivity index (χ2v) is 6.42. The highest BCUT2D eigenvalue weighted by atomic mass is 32.2. The first kappa shape index (κ1) is 14.9. The fraction of sp³-hybridized carbons (Fsp3) is 0.800. The maximum atomic E-state index is 11.8. The third-order valence-corrected chi connectivity index (χ3v) is 4.70. The van der Waals surface area contributed by atoms with E-state index in [-0.39, 0.29) is 24.1 Å². The van der Waals surface area contributed by atoms with Gasteiger partial charge in [-0.2, -0.15) is 0 Å². The second-order valence-electron chi connectivity index (χ2n) is 4.33. The third kappa shape index (κ3) is 4.61. The molecule has 0 unspecified atom stereocenters. The molecule has 0 atom stereocenters. The van der Waals surface area contributed by atoms with Crippen molar-refractivity contribution in [1.82, 2.24) is 9.62 Å². The lowest BCUT2D eigenvalue weighted by Crippen LogP contribution is -2.46. The van der Waals surface area contributed by atoms with Crippen LogP contribution in [0.4, 0.5) is 0 Å². The quantitative estimate of drug-likeness (QED) is 0.698. The summed E-state index contributed by atoms with van der Waals surface area (Å²) < 4.78 is 24.9. The lowest BCUT2D eigenvalue weighted by molar-refractivity contribution is -0.136. The largest absolute Gasteiger partial charge is 0.481 e. The Morgan fingerprint density at radius 1 is 1.33 bits per heavy atom. The molecule has 0 radical (unpaired) electrons. The molecule has 1 heterocycles. The van der Waals surface area contributed by atoms with E-state index < -0.39 is 16.0 Å². The number of carboxylic acids is 1. The minimum Gasteiger partial charge on any atom is -0.481 e. The SMILES string of the molecule is CC(=O)NC1CCN(S(=O)(=O)CCC(=O)O)CC1. The molecule has 1 saturated heterocycles. The van der Waals surface area contributed by atoms with Crippen molar-refractivity contribution in [2.24, 2.45) is 0 Å². The monoisotopic (exact) mass is 278 g/mol. The Kier molecular flexibility index (Phi) is 5.09. The van der Waals surface area contributed by atoms with Crippen LogP contribution in [0.2, 0.25) is 0 Å². The first-order chi connectivity index (χ1) is 8.31. The van der Waals surface area contributed by atoms with E-state index in [1.165, 1.54) is 11.2 Å². The molecule has 0 aliphatic carbocycles. The number of nitrogens with one attached hydrogen (secondary N) is 1. The molecule has 1 fully saturated rings. The highest BCUT2D eigenvalue weighted by molar-refractivity contribution is 7.89. The van der Waals surface area contributed by atoms with E-state index in [0.717, 1.165) is 0 Å². The summed E-state index contributed by atoms with van der Waals surface area (Å²) in [5.41, 5.74) is 0. The number of carbonyl (C=O) groups excluding carboxylic acids is 1. The summed E-state index contributed by atoms with van der Waals surface area (Å²) >= 11 is 0. The molecule has 104 valence electrons. The number of carboxylic acid groups (broad SMARTS) is 1. The highest BCUT2D eigenvalue weighted by Gasteiger charge is 2.28. The van der Waals surface area contributed by atoms with Gasteiger partial charge in [-0.1, -0.05) is 0 Å². The summed E-state index contributed by atoms with van der Waals surface area (Å²) in [6.45, 7) is 2.08. The number of sulfonamides is 1. The van der Waals surface area contributed by atoms with Crippen molar-refractivity contribution < 1.29 is 23.1 Å². The van der Waals surface area contributed by atoms with Gasteiger partial charge in [0.05, 0.1) is 12.2 Å². The second kappa shape index (κ2) is 6.14. The molecular weight excluding hydrogens is 260 g/mol. The van der Waals surface area contributed by atoms with E-state index in [1.807, 2.05) is 0 Å². The van der Waals surface area contributed by atoms with Crippen molar-refractivity contribution in [1.29, 1.82) is 0 Å². The minimum atomic E-state index is -3.49. The van der Waals surface area contributed by atoms with Gasteiger partial charge < -0.3 is 10.4 Å². The molecule has 1 amide bonds. The zero-order valence-corrected chi connectivity index (χ0v) is 11.1. The Morgan fingerprint density at radius 3 is 2.33 bits per heavy atom. The van der Waals surface area contributed by atoms with Crippen molar-refractivity contribution in [3.8, 4) is 0 Å². The third-order valence-electron chi connectivity index (χ3n) is 2.83. The van der Waals surface area contributed by atoms with Crippen molar-refractivity contribution >= 4 is 21.9 Å². The smallest absolute Gasteiger partial charge is 0.304 e. The van der Waals surface area contributed by atoms with Crippen LogP contribution >= 0.6 is 0 Å². The summed E-state index contributed by atoms with van der Waals surface area (Å²) in [5.74, 6) is -1.61. The Balaban J connectivity index is 2.46. The Morgan fingerprint density at radius 2 is 1.89 bits per heavy atom.